The van der Waals surface area contributed by atoms with Gasteiger partial charge >= 0.3 is 5.97 Å². The molecular weight excluding hydrogens is 302 g/mol. The third kappa shape index (κ3) is 3.43. The van der Waals surface area contributed by atoms with Gasteiger partial charge in [0.2, 0.25) is 0 Å². The average Bonchev–Trinajstić information content (AvgIpc) is 2.47. The molecule has 10 nitrogen and oxygen atoms in total. The molecule has 23 heavy (non-hydrogen) atoms. The standard InChI is InChI=1S/C7H6N4O.C6H7N3O2/c1-4-5-6(9-2-8-4)10-3-11-7(5)12;1-3-4(6(10)11)5(7)9-2-8-3/h2-3H,1H3,(H,8,9,10,11,12);2H,1H3,(H,10,11)(H2,7,8,9). The van der Waals surface area contributed by atoms with Gasteiger partial charge in [0, 0.05) is 0 Å². The largest absolute Gasteiger partial charge is 0.477 e. The lowest BCUT2D eigenvalue weighted by Gasteiger charge is -2.00. The van der Waals surface area contributed by atoms with Crippen LogP contribution in [0.25, 0.3) is 11.0 Å². The Hall–Kier alpha value is -3.43. The Balaban J connectivity index is 0.000000168. The van der Waals surface area contributed by atoms with Crippen LogP contribution in [-0.4, -0.2) is 41.0 Å². The first kappa shape index (κ1) is 15.9. The van der Waals surface area contributed by atoms with E-state index in [2.05, 4.69) is 29.9 Å². The third-order valence-electron chi connectivity index (χ3n) is 2.91. The molecule has 0 unspecified atom stereocenters. The molecule has 0 atom stereocenters. The summed E-state index contributed by atoms with van der Waals surface area (Å²) in [7, 11) is 0. The van der Waals surface area contributed by atoms with Crippen molar-refractivity contribution in [1.82, 2.24) is 29.9 Å². The van der Waals surface area contributed by atoms with Crippen LogP contribution in [0.1, 0.15) is 21.7 Å². The van der Waals surface area contributed by atoms with E-state index in [-0.39, 0.29) is 16.9 Å². The minimum Gasteiger partial charge on any atom is -0.477 e. The van der Waals surface area contributed by atoms with E-state index >= 15 is 0 Å². The van der Waals surface area contributed by atoms with Crippen molar-refractivity contribution in [1.29, 1.82) is 0 Å². The number of nitrogens with one attached hydrogen (secondary N) is 1. The van der Waals surface area contributed by atoms with Gasteiger partial charge in [0.25, 0.3) is 5.56 Å². The van der Waals surface area contributed by atoms with Crippen LogP contribution in [0.5, 0.6) is 0 Å². The predicted molar refractivity (Wildman–Crippen MR) is 80.8 cm³/mol. The summed E-state index contributed by atoms with van der Waals surface area (Å²) < 4.78 is 0. The van der Waals surface area contributed by atoms with Gasteiger partial charge in [-0.15, -0.1) is 0 Å². The van der Waals surface area contributed by atoms with Gasteiger partial charge in [0.15, 0.2) is 5.65 Å². The van der Waals surface area contributed by atoms with Gasteiger partial charge in [-0.3, -0.25) is 4.79 Å². The highest BCUT2D eigenvalue weighted by Gasteiger charge is 2.12. The summed E-state index contributed by atoms with van der Waals surface area (Å²) in [4.78, 5) is 43.1. The molecule has 118 valence electrons. The number of hydrogen-bond acceptors (Lipinski definition) is 8. The van der Waals surface area contributed by atoms with Crippen molar-refractivity contribution in [2.45, 2.75) is 13.8 Å². The fourth-order valence-corrected chi connectivity index (χ4v) is 1.81. The van der Waals surface area contributed by atoms with E-state index in [0.29, 0.717) is 22.4 Å². The molecule has 0 aliphatic heterocycles. The fraction of sp³-hybridized carbons (Fsp3) is 0.154. The first-order valence-electron chi connectivity index (χ1n) is 6.37. The Labute approximate surface area is 129 Å². The molecule has 0 bridgehead atoms. The molecule has 3 aromatic rings. The number of nitrogen functional groups attached to an aromatic ring is 1. The second-order valence-electron chi connectivity index (χ2n) is 4.41. The Morgan fingerprint density at radius 2 is 1.74 bits per heavy atom. The normalized spacial score (nSPS) is 10.0. The van der Waals surface area contributed by atoms with Crippen LogP contribution >= 0.6 is 0 Å². The molecule has 10 heteroatoms. The molecule has 0 saturated carbocycles. The van der Waals surface area contributed by atoms with Gasteiger partial charge < -0.3 is 15.8 Å². The number of nitrogens with zero attached hydrogens (tertiary/aromatic N) is 5. The lowest BCUT2D eigenvalue weighted by molar-refractivity contribution is 0.0696. The molecule has 0 amide bonds. The maximum Gasteiger partial charge on any atom is 0.341 e. The van der Waals surface area contributed by atoms with Crippen molar-refractivity contribution >= 4 is 22.8 Å². The van der Waals surface area contributed by atoms with E-state index in [1.165, 1.54) is 19.0 Å². The second-order valence-corrected chi connectivity index (χ2v) is 4.41. The van der Waals surface area contributed by atoms with Crippen molar-refractivity contribution in [3.05, 3.63) is 46.3 Å². The van der Waals surface area contributed by atoms with Gasteiger partial charge in [-0.2, -0.15) is 0 Å². The van der Waals surface area contributed by atoms with Crippen molar-refractivity contribution < 1.29 is 9.90 Å². The monoisotopic (exact) mass is 315 g/mol. The number of aryl methyl sites for hydroxylation is 2. The Kier molecular flexibility index (Phi) is 4.55. The minimum atomic E-state index is -1.10. The fourth-order valence-electron chi connectivity index (χ4n) is 1.81. The summed E-state index contributed by atoms with van der Waals surface area (Å²) in [6, 6.07) is 0. The molecule has 3 heterocycles. The third-order valence-corrected chi connectivity index (χ3v) is 2.91. The minimum absolute atomic E-state index is 0.00463. The van der Waals surface area contributed by atoms with Crippen LogP contribution in [-0.2, 0) is 0 Å². The van der Waals surface area contributed by atoms with Crippen LogP contribution in [0.3, 0.4) is 0 Å². The van der Waals surface area contributed by atoms with Crippen LogP contribution in [0.15, 0.2) is 23.8 Å². The van der Waals surface area contributed by atoms with E-state index in [1.807, 2.05) is 0 Å². The highest BCUT2D eigenvalue weighted by molar-refractivity contribution is 5.93. The van der Waals surface area contributed by atoms with Crippen molar-refractivity contribution in [3.63, 3.8) is 0 Å². The molecule has 3 rings (SSSR count). The van der Waals surface area contributed by atoms with Crippen LogP contribution in [0, 0.1) is 13.8 Å². The second kappa shape index (κ2) is 6.56. The zero-order valence-electron chi connectivity index (χ0n) is 12.3. The number of nitrogens with two attached hydrogens (primary N) is 1. The van der Waals surface area contributed by atoms with Gasteiger partial charge in [-0.1, -0.05) is 0 Å². The summed E-state index contributed by atoms with van der Waals surface area (Å²) in [5, 5.41) is 9.04. The summed E-state index contributed by atoms with van der Waals surface area (Å²) in [6.07, 6.45) is 3.96. The molecule has 4 N–H and O–H groups in total. The van der Waals surface area contributed by atoms with Crippen LogP contribution in [0.4, 0.5) is 5.82 Å². The van der Waals surface area contributed by atoms with Crippen LogP contribution < -0.4 is 11.3 Å². The number of rotatable bonds is 1. The first-order chi connectivity index (χ1) is 10.9. The Bertz CT molecular complexity index is 897. The Morgan fingerprint density at radius 1 is 1.09 bits per heavy atom. The SMILES string of the molecule is Cc1ncnc(N)c1C(=O)O.Cc1ncnc2nc[nH]c(=O)c12. The number of aromatic amines is 1. The number of aromatic nitrogens is 6. The molecular formula is C13H13N7O3. The number of hydrogen-bond donors (Lipinski definition) is 3. The summed E-state index contributed by atoms with van der Waals surface area (Å²) >= 11 is 0. The van der Waals surface area contributed by atoms with E-state index in [1.54, 1.807) is 13.8 Å². The molecule has 0 fully saturated rings. The van der Waals surface area contributed by atoms with Crippen molar-refractivity contribution in [2.75, 3.05) is 5.73 Å². The zero-order valence-corrected chi connectivity index (χ0v) is 12.3. The Morgan fingerprint density at radius 3 is 2.30 bits per heavy atom. The highest BCUT2D eigenvalue weighted by atomic mass is 16.4. The van der Waals surface area contributed by atoms with E-state index in [4.69, 9.17) is 10.8 Å². The lowest BCUT2D eigenvalue weighted by Crippen LogP contribution is -2.09. The van der Waals surface area contributed by atoms with Crippen molar-refractivity contribution in [3.8, 4) is 0 Å². The topological polar surface area (TPSA) is 161 Å². The van der Waals surface area contributed by atoms with Crippen LogP contribution in [0.2, 0.25) is 0 Å². The molecule has 0 spiro atoms. The zero-order chi connectivity index (χ0) is 17.0. The van der Waals surface area contributed by atoms with Gasteiger partial charge in [0.05, 0.1) is 17.7 Å². The smallest absolute Gasteiger partial charge is 0.341 e. The van der Waals surface area contributed by atoms with Crippen molar-refractivity contribution in [2.24, 2.45) is 0 Å². The predicted octanol–water partition coefficient (Wildman–Crippen LogP) is 0.0869. The summed E-state index contributed by atoms with van der Waals surface area (Å²) in [6.45, 7) is 3.32. The number of carboxylic acid groups (broad SMARTS) is 1. The van der Waals surface area contributed by atoms with E-state index in [9.17, 15) is 9.59 Å². The number of carbonyl (C=O) groups is 1. The number of H-pyrrole nitrogens is 1. The lowest BCUT2D eigenvalue weighted by atomic mass is 10.2. The maximum atomic E-state index is 11.2. The molecule has 0 aliphatic carbocycles. The van der Waals surface area contributed by atoms with Gasteiger partial charge in [-0.25, -0.2) is 29.7 Å². The molecule has 0 aromatic carbocycles. The highest BCUT2D eigenvalue weighted by Crippen LogP contribution is 2.09. The van der Waals surface area contributed by atoms with Gasteiger partial charge in [-0.05, 0) is 13.8 Å². The summed E-state index contributed by atoms with van der Waals surface area (Å²) in [5.74, 6) is -1.09. The quantitative estimate of drug-likeness (QED) is 0.565. The molecule has 3 aromatic heterocycles. The number of fused-ring (bicyclic) bond motifs is 1. The molecule has 0 radical (unpaired) electrons. The van der Waals surface area contributed by atoms with E-state index in [0.717, 1.165) is 0 Å². The van der Waals surface area contributed by atoms with Gasteiger partial charge in [0.1, 0.15) is 29.4 Å². The number of carboxylic acids is 1. The number of aromatic carboxylic acids is 1. The maximum absolute atomic E-state index is 11.2. The summed E-state index contributed by atoms with van der Waals surface area (Å²) in [5.41, 5.74) is 6.54. The number of anilines is 1. The molecule has 0 saturated heterocycles. The average molecular weight is 315 g/mol. The van der Waals surface area contributed by atoms with E-state index < -0.39 is 5.97 Å². The molecule has 0 aliphatic rings. The first-order valence-corrected chi connectivity index (χ1v) is 6.37.